The molecule has 0 saturated heterocycles. The highest BCUT2D eigenvalue weighted by molar-refractivity contribution is 5.74. The van der Waals surface area contributed by atoms with Gasteiger partial charge in [0.1, 0.15) is 0 Å². The molecule has 1 heterocycles. The third kappa shape index (κ3) is 1.30. The van der Waals surface area contributed by atoms with E-state index >= 15 is 0 Å². The van der Waals surface area contributed by atoms with Crippen molar-refractivity contribution in [3.05, 3.63) is 12.2 Å². The van der Waals surface area contributed by atoms with Gasteiger partial charge < -0.3 is 0 Å². The molecule has 2 heteroatoms. The number of allylic oxidation sites excluding steroid dienone is 2. The second kappa shape index (κ2) is 2.29. The molecule has 0 aliphatic carbocycles. The van der Waals surface area contributed by atoms with Gasteiger partial charge in [-0.05, 0) is 6.08 Å². The lowest BCUT2D eigenvalue weighted by molar-refractivity contribution is 1.26. The first-order chi connectivity index (χ1) is 3.50. The van der Waals surface area contributed by atoms with Crippen molar-refractivity contribution < 1.29 is 0 Å². The molecular weight excluding hydrogens is 88.1 g/mol. The average molecular weight is 94.1 g/mol. The first-order valence-corrected chi connectivity index (χ1v) is 2.20. The Morgan fingerprint density at radius 1 is 1.29 bits per heavy atom. The van der Waals surface area contributed by atoms with Gasteiger partial charge in [-0.3, -0.25) is 0 Å². The summed E-state index contributed by atoms with van der Waals surface area (Å²) in [6.07, 6.45) is 8.22. The molecule has 0 N–H and O–H groups in total. The molecular formula is C5H6N2. The number of nitrogens with zero attached hydrogens (tertiary/aromatic N) is 2. The maximum atomic E-state index is 3.65. The van der Waals surface area contributed by atoms with Crippen LogP contribution in [0.1, 0.15) is 6.42 Å². The van der Waals surface area contributed by atoms with E-state index in [-0.39, 0.29) is 0 Å². The minimum Gasteiger partial charge on any atom is -0.163 e. The molecule has 0 unspecified atom stereocenters. The molecule has 0 aromatic heterocycles. The second-order valence-corrected chi connectivity index (χ2v) is 1.23. The molecule has 2 nitrogen and oxygen atoms in total. The Balaban J connectivity index is 2.60. The second-order valence-electron chi connectivity index (χ2n) is 1.23. The summed E-state index contributed by atoms with van der Waals surface area (Å²) in [5.41, 5.74) is 0. The normalized spacial score (nSPS) is 17.1. The zero-order chi connectivity index (χ0) is 4.95. The summed E-state index contributed by atoms with van der Waals surface area (Å²) in [6, 6.07) is 0. The van der Waals surface area contributed by atoms with E-state index < -0.39 is 0 Å². The summed E-state index contributed by atoms with van der Waals surface area (Å²) < 4.78 is 0. The van der Waals surface area contributed by atoms with Crippen LogP contribution >= 0.6 is 0 Å². The third-order valence-corrected chi connectivity index (χ3v) is 0.679. The topological polar surface area (TPSA) is 24.7 Å². The fraction of sp³-hybridized carbons (Fsp3) is 0.200. The van der Waals surface area contributed by atoms with E-state index in [0.717, 1.165) is 6.42 Å². The first-order valence-electron chi connectivity index (χ1n) is 2.20. The van der Waals surface area contributed by atoms with Crippen LogP contribution in [0.5, 0.6) is 0 Å². The Kier molecular flexibility index (Phi) is 1.39. The largest absolute Gasteiger partial charge is 0.163 e. The molecule has 1 rings (SSSR count). The highest BCUT2D eigenvalue weighted by atomic mass is 15.2. The van der Waals surface area contributed by atoms with Crippen LogP contribution in [0.25, 0.3) is 0 Å². The lowest BCUT2D eigenvalue weighted by Gasteiger charge is -1.67. The van der Waals surface area contributed by atoms with Crippen LogP contribution < -0.4 is 0 Å². The highest BCUT2D eigenvalue weighted by Crippen LogP contribution is 1.82. The summed E-state index contributed by atoms with van der Waals surface area (Å²) in [7, 11) is 0. The van der Waals surface area contributed by atoms with Crippen molar-refractivity contribution in [1.29, 1.82) is 0 Å². The lowest BCUT2D eigenvalue weighted by atomic mass is 10.4. The van der Waals surface area contributed by atoms with Crippen molar-refractivity contribution >= 4 is 12.4 Å². The molecule has 0 aromatic carbocycles. The summed E-state index contributed by atoms with van der Waals surface area (Å²) >= 11 is 0. The molecule has 0 atom stereocenters. The van der Waals surface area contributed by atoms with Crippen LogP contribution in [-0.4, -0.2) is 12.4 Å². The zero-order valence-corrected chi connectivity index (χ0v) is 3.91. The number of hydrogen-bond donors (Lipinski definition) is 0. The average Bonchev–Trinajstić information content (AvgIpc) is 1.90. The minimum absolute atomic E-state index is 0.903. The van der Waals surface area contributed by atoms with Gasteiger partial charge >= 0.3 is 0 Å². The number of rotatable bonds is 0. The van der Waals surface area contributed by atoms with Crippen LogP contribution in [0.4, 0.5) is 0 Å². The van der Waals surface area contributed by atoms with E-state index in [9.17, 15) is 0 Å². The Morgan fingerprint density at radius 2 is 2.29 bits per heavy atom. The molecule has 0 amide bonds. The smallest absolute Gasteiger partial charge is 0.0492 e. The molecule has 36 valence electrons. The van der Waals surface area contributed by atoms with Gasteiger partial charge in [-0.15, -0.1) is 0 Å². The maximum Gasteiger partial charge on any atom is 0.0492 e. The number of hydrogen-bond acceptors (Lipinski definition) is 2. The van der Waals surface area contributed by atoms with Crippen molar-refractivity contribution in [2.45, 2.75) is 6.42 Å². The van der Waals surface area contributed by atoms with Crippen molar-refractivity contribution in [3.63, 3.8) is 0 Å². The molecule has 0 fully saturated rings. The van der Waals surface area contributed by atoms with E-state index in [4.69, 9.17) is 0 Å². The first kappa shape index (κ1) is 4.24. The van der Waals surface area contributed by atoms with Crippen LogP contribution in [0.3, 0.4) is 0 Å². The summed E-state index contributed by atoms with van der Waals surface area (Å²) in [4.78, 5) is 0. The standard InChI is InChI=1S/C5H6N2/c1-2-4-6-7-5-3-1/h1-2,4-5H,3H2. The van der Waals surface area contributed by atoms with Gasteiger partial charge in [0, 0.05) is 18.9 Å². The molecule has 0 spiro atoms. The lowest BCUT2D eigenvalue weighted by Crippen LogP contribution is -1.61. The Hall–Kier alpha value is -0.920. The Bertz CT molecular complexity index is 108. The molecule has 0 bridgehead atoms. The van der Waals surface area contributed by atoms with Crippen LogP contribution in [0.2, 0.25) is 0 Å². The monoisotopic (exact) mass is 94.1 g/mol. The van der Waals surface area contributed by atoms with Gasteiger partial charge in [-0.25, -0.2) is 0 Å². The van der Waals surface area contributed by atoms with E-state index in [1.807, 2.05) is 12.2 Å². The molecule has 1 aliphatic heterocycles. The fourth-order valence-corrected chi connectivity index (χ4v) is 0.372. The van der Waals surface area contributed by atoms with Crippen molar-refractivity contribution in [1.82, 2.24) is 0 Å². The van der Waals surface area contributed by atoms with Gasteiger partial charge in [0.2, 0.25) is 0 Å². The van der Waals surface area contributed by atoms with Crippen LogP contribution in [0, 0.1) is 0 Å². The highest BCUT2D eigenvalue weighted by Gasteiger charge is 1.72. The fourth-order valence-electron chi connectivity index (χ4n) is 0.372. The predicted molar refractivity (Wildman–Crippen MR) is 30.7 cm³/mol. The van der Waals surface area contributed by atoms with Gasteiger partial charge in [0.15, 0.2) is 0 Å². The molecule has 0 radical (unpaired) electrons. The summed E-state index contributed by atoms with van der Waals surface area (Å²) in [5, 5.41) is 7.28. The van der Waals surface area contributed by atoms with E-state index in [1.165, 1.54) is 0 Å². The SMILES string of the molecule is C1=CCC=NN=C1. The third-order valence-electron chi connectivity index (χ3n) is 0.679. The van der Waals surface area contributed by atoms with E-state index in [1.54, 1.807) is 12.4 Å². The van der Waals surface area contributed by atoms with Gasteiger partial charge in [-0.1, -0.05) is 6.08 Å². The molecule has 7 heavy (non-hydrogen) atoms. The van der Waals surface area contributed by atoms with Crippen LogP contribution in [0.15, 0.2) is 22.4 Å². The summed E-state index contributed by atoms with van der Waals surface area (Å²) in [5.74, 6) is 0. The Morgan fingerprint density at radius 3 is 3.29 bits per heavy atom. The zero-order valence-electron chi connectivity index (χ0n) is 3.91. The summed E-state index contributed by atoms with van der Waals surface area (Å²) in [6.45, 7) is 0. The molecule has 0 saturated carbocycles. The van der Waals surface area contributed by atoms with Crippen molar-refractivity contribution in [2.24, 2.45) is 10.2 Å². The Labute approximate surface area is 42.3 Å². The van der Waals surface area contributed by atoms with Crippen molar-refractivity contribution in [3.8, 4) is 0 Å². The van der Waals surface area contributed by atoms with Gasteiger partial charge in [0.05, 0.1) is 0 Å². The quantitative estimate of drug-likeness (QED) is 0.428. The van der Waals surface area contributed by atoms with Gasteiger partial charge in [-0.2, -0.15) is 10.2 Å². The minimum atomic E-state index is 0.903. The van der Waals surface area contributed by atoms with E-state index in [2.05, 4.69) is 10.2 Å². The van der Waals surface area contributed by atoms with Crippen LogP contribution in [-0.2, 0) is 0 Å². The molecule has 0 aromatic rings. The maximum absolute atomic E-state index is 3.65. The van der Waals surface area contributed by atoms with Gasteiger partial charge in [0.25, 0.3) is 0 Å². The predicted octanol–water partition coefficient (Wildman–Crippen LogP) is 1.00. The van der Waals surface area contributed by atoms with Crippen molar-refractivity contribution in [2.75, 3.05) is 0 Å². The molecule has 1 aliphatic rings. The van der Waals surface area contributed by atoms with E-state index in [0.29, 0.717) is 0 Å².